The molecule has 154 valence electrons. The van der Waals surface area contributed by atoms with Crippen LogP contribution < -0.4 is 0 Å². The number of carbonyl (C=O) groups excluding carboxylic acids is 1. The van der Waals surface area contributed by atoms with Crippen molar-refractivity contribution in [3.63, 3.8) is 0 Å². The molecule has 2 aromatic rings. The Morgan fingerprint density at radius 1 is 1.14 bits per heavy atom. The third-order valence-electron chi connectivity index (χ3n) is 5.69. The van der Waals surface area contributed by atoms with Gasteiger partial charge in [0.2, 0.25) is 5.91 Å². The second kappa shape index (κ2) is 8.37. The van der Waals surface area contributed by atoms with Crippen LogP contribution in [0.2, 0.25) is 10.0 Å². The molecule has 1 saturated heterocycles. The molecule has 1 amide bonds. The van der Waals surface area contributed by atoms with Crippen molar-refractivity contribution in [1.82, 2.24) is 4.90 Å². The highest BCUT2D eigenvalue weighted by atomic mass is 35.5. The fourth-order valence-corrected chi connectivity index (χ4v) is 4.77. The molecule has 4 nitrogen and oxygen atoms in total. The first kappa shape index (κ1) is 21.7. The number of hydrogen-bond donors (Lipinski definition) is 1. The molecule has 0 radical (unpaired) electrons. The van der Waals surface area contributed by atoms with Crippen LogP contribution in [0.3, 0.4) is 0 Å². The Morgan fingerprint density at radius 2 is 1.79 bits per heavy atom. The summed E-state index contributed by atoms with van der Waals surface area (Å²) < 4.78 is 0. The minimum atomic E-state index is -0.994. The van der Waals surface area contributed by atoms with Gasteiger partial charge in [0.1, 0.15) is 0 Å². The highest BCUT2D eigenvalue weighted by Crippen LogP contribution is 2.51. The second-order valence-electron chi connectivity index (χ2n) is 8.30. The van der Waals surface area contributed by atoms with Crippen LogP contribution in [0.25, 0.3) is 0 Å². The van der Waals surface area contributed by atoms with Crippen LogP contribution in [0, 0.1) is 5.41 Å². The smallest absolute Gasteiger partial charge is 0.304 e. The Kier molecular flexibility index (Phi) is 6.25. The number of hydrogen-bond acceptors (Lipinski definition) is 2. The molecule has 29 heavy (non-hydrogen) atoms. The molecule has 3 atom stereocenters. The van der Waals surface area contributed by atoms with Crippen molar-refractivity contribution >= 4 is 35.1 Å². The Labute approximate surface area is 181 Å². The first-order valence-electron chi connectivity index (χ1n) is 9.68. The van der Waals surface area contributed by atoms with Crippen molar-refractivity contribution in [2.45, 2.75) is 51.6 Å². The lowest BCUT2D eigenvalue weighted by Gasteiger charge is -2.50. The zero-order chi connectivity index (χ0) is 21.3. The number of halogens is 2. The van der Waals surface area contributed by atoms with Crippen molar-refractivity contribution in [3.8, 4) is 0 Å². The summed E-state index contributed by atoms with van der Waals surface area (Å²) in [6, 6.07) is 14.8. The Hall–Kier alpha value is -2.04. The van der Waals surface area contributed by atoms with E-state index in [9.17, 15) is 14.7 Å². The second-order valence-corrected chi connectivity index (χ2v) is 9.17. The fourth-order valence-electron chi connectivity index (χ4n) is 4.44. The minimum Gasteiger partial charge on any atom is -0.481 e. The summed E-state index contributed by atoms with van der Waals surface area (Å²) >= 11 is 12.4. The zero-order valence-electron chi connectivity index (χ0n) is 16.7. The Bertz CT molecular complexity index is 913. The molecule has 0 unspecified atom stereocenters. The van der Waals surface area contributed by atoms with E-state index in [0.717, 1.165) is 11.1 Å². The zero-order valence-corrected chi connectivity index (χ0v) is 18.2. The van der Waals surface area contributed by atoms with Gasteiger partial charge in [-0.3, -0.25) is 9.59 Å². The maximum Gasteiger partial charge on any atom is 0.304 e. The molecule has 3 rings (SSSR count). The number of benzene rings is 2. The van der Waals surface area contributed by atoms with E-state index in [-0.39, 0.29) is 30.3 Å². The average Bonchev–Trinajstić information content (AvgIpc) is 2.63. The number of aliphatic carboxylic acids is 1. The van der Waals surface area contributed by atoms with Crippen LogP contribution in [0.1, 0.15) is 56.7 Å². The van der Waals surface area contributed by atoms with Gasteiger partial charge in [-0.15, -0.1) is 0 Å². The molecule has 1 heterocycles. The van der Waals surface area contributed by atoms with E-state index in [1.54, 1.807) is 6.92 Å². The predicted octanol–water partition coefficient (Wildman–Crippen LogP) is 5.94. The van der Waals surface area contributed by atoms with E-state index >= 15 is 0 Å². The molecule has 1 fully saturated rings. The number of piperidine rings is 1. The number of likely N-dealkylation sites (tertiary alicyclic amines) is 1. The van der Waals surface area contributed by atoms with E-state index < -0.39 is 11.4 Å². The van der Waals surface area contributed by atoms with E-state index in [2.05, 4.69) is 0 Å². The Morgan fingerprint density at radius 3 is 2.34 bits per heavy atom. The monoisotopic (exact) mass is 433 g/mol. The van der Waals surface area contributed by atoms with Crippen molar-refractivity contribution in [1.29, 1.82) is 0 Å². The molecular formula is C23H25Cl2NO3. The number of carbonyl (C=O) groups is 2. The van der Waals surface area contributed by atoms with Crippen LogP contribution >= 0.6 is 23.2 Å². The normalized spacial score (nSPS) is 24.8. The quantitative estimate of drug-likeness (QED) is 0.634. The first-order valence-corrected chi connectivity index (χ1v) is 10.4. The SMILES string of the molecule is CC(C)N1C(=O)[C@](C)(CC(=O)O)C[C@H](c2cccc(Cl)c2)[C@H]1c1ccc(Cl)cc1. The third-order valence-corrected chi connectivity index (χ3v) is 6.18. The van der Waals surface area contributed by atoms with Gasteiger partial charge in [0.25, 0.3) is 0 Å². The van der Waals surface area contributed by atoms with Crippen molar-refractivity contribution in [2.75, 3.05) is 0 Å². The van der Waals surface area contributed by atoms with Gasteiger partial charge in [0, 0.05) is 22.0 Å². The van der Waals surface area contributed by atoms with Crippen molar-refractivity contribution < 1.29 is 14.7 Å². The van der Waals surface area contributed by atoms with Crippen LogP contribution in [0.4, 0.5) is 0 Å². The molecular weight excluding hydrogens is 409 g/mol. The number of carboxylic acids is 1. The van der Waals surface area contributed by atoms with E-state index in [1.807, 2.05) is 67.3 Å². The van der Waals surface area contributed by atoms with Crippen LogP contribution in [-0.4, -0.2) is 27.9 Å². The fraction of sp³-hybridized carbons (Fsp3) is 0.391. The van der Waals surface area contributed by atoms with Crippen LogP contribution in [0.5, 0.6) is 0 Å². The van der Waals surface area contributed by atoms with Crippen molar-refractivity contribution in [2.24, 2.45) is 5.41 Å². The Balaban J connectivity index is 2.18. The van der Waals surface area contributed by atoms with Gasteiger partial charge >= 0.3 is 5.97 Å². The molecule has 0 spiro atoms. The van der Waals surface area contributed by atoms with E-state index in [1.165, 1.54) is 0 Å². The van der Waals surface area contributed by atoms with E-state index in [0.29, 0.717) is 16.5 Å². The lowest BCUT2D eigenvalue weighted by atomic mass is 9.67. The molecule has 0 aromatic heterocycles. The number of carboxylic acid groups (broad SMARTS) is 1. The molecule has 0 aliphatic carbocycles. The highest BCUT2D eigenvalue weighted by molar-refractivity contribution is 6.30. The molecule has 1 N–H and O–H groups in total. The predicted molar refractivity (Wildman–Crippen MR) is 115 cm³/mol. The molecule has 1 aliphatic rings. The standard InChI is InChI=1S/C23H25Cl2NO3/c1-14(2)26-21(15-7-9-17(24)10-8-15)19(16-5-4-6-18(25)11-16)12-23(3,22(26)29)13-20(27)28/h4-11,14,19,21H,12-13H2,1-3H3,(H,27,28)/t19-,21-,23+/m1/s1. The lowest BCUT2D eigenvalue weighted by Crippen LogP contribution is -2.54. The summed E-state index contributed by atoms with van der Waals surface area (Å²) in [6.45, 7) is 5.68. The van der Waals surface area contributed by atoms with Crippen LogP contribution in [0.15, 0.2) is 48.5 Å². The summed E-state index contributed by atoms with van der Waals surface area (Å²) in [5.41, 5.74) is 0.970. The van der Waals surface area contributed by atoms with Crippen molar-refractivity contribution in [3.05, 3.63) is 69.7 Å². The maximum absolute atomic E-state index is 13.5. The van der Waals surface area contributed by atoms with Gasteiger partial charge in [-0.05, 0) is 55.7 Å². The summed E-state index contributed by atoms with van der Waals surface area (Å²) in [7, 11) is 0. The molecule has 0 saturated carbocycles. The summed E-state index contributed by atoms with van der Waals surface area (Å²) in [6.07, 6.45) is 0.217. The van der Waals surface area contributed by atoms with E-state index in [4.69, 9.17) is 23.2 Å². The number of rotatable bonds is 5. The van der Waals surface area contributed by atoms with Gasteiger partial charge in [-0.1, -0.05) is 54.4 Å². The molecule has 0 bridgehead atoms. The lowest BCUT2D eigenvalue weighted by molar-refractivity contribution is -0.159. The summed E-state index contributed by atoms with van der Waals surface area (Å²) in [5, 5.41) is 10.7. The molecule has 1 aliphatic heterocycles. The minimum absolute atomic E-state index is 0.0978. The molecule has 2 aromatic carbocycles. The summed E-state index contributed by atoms with van der Waals surface area (Å²) in [4.78, 5) is 26.9. The van der Waals surface area contributed by atoms with Gasteiger partial charge < -0.3 is 10.0 Å². The first-order chi connectivity index (χ1) is 13.6. The van der Waals surface area contributed by atoms with Gasteiger partial charge in [0.15, 0.2) is 0 Å². The largest absolute Gasteiger partial charge is 0.481 e. The average molecular weight is 434 g/mol. The number of nitrogens with zero attached hydrogens (tertiary/aromatic N) is 1. The number of amides is 1. The van der Waals surface area contributed by atoms with Gasteiger partial charge in [-0.2, -0.15) is 0 Å². The maximum atomic E-state index is 13.5. The van der Waals surface area contributed by atoms with Gasteiger partial charge in [0.05, 0.1) is 17.9 Å². The molecule has 6 heteroatoms. The third kappa shape index (κ3) is 4.44. The summed E-state index contributed by atoms with van der Waals surface area (Å²) in [5.74, 6) is -1.20. The highest BCUT2D eigenvalue weighted by Gasteiger charge is 2.51. The van der Waals surface area contributed by atoms with Gasteiger partial charge in [-0.25, -0.2) is 0 Å². The topological polar surface area (TPSA) is 57.6 Å². The van der Waals surface area contributed by atoms with Crippen LogP contribution in [-0.2, 0) is 9.59 Å².